The van der Waals surface area contributed by atoms with Gasteiger partial charge in [0.05, 0.1) is 13.2 Å². The number of nitrogens with one attached hydrogen (secondary N) is 2. The lowest BCUT2D eigenvalue weighted by Gasteiger charge is -2.36. The maximum atomic E-state index is 12.0. The molecule has 0 unspecified atom stereocenters. The van der Waals surface area contributed by atoms with E-state index in [1.165, 1.54) is 0 Å². The fourth-order valence-corrected chi connectivity index (χ4v) is 2.88. The van der Waals surface area contributed by atoms with Gasteiger partial charge in [0.25, 0.3) is 0 Å². The molecule has 0 spiro atoms. The number of amides is 1. The van der Waals surface area contributed by atoms with Crippen LogP contribution in [0.3, 0.4) is 0 Å². The van der Waals surface area contributed by atoms with Crippen LogP contribution >= 0.6 is 0 Å². The van der Waals surface area contributed by atoms with E-state index >= 15 is 0 Å². The first kappa shape index (κ1) is 17.8. The number of nitrogens with zero attached hydrogens (tertiary/aromatic N) is 1. The summed E-state index contributed by atoms with van der Waals surface area (Å²) in [6.07, 6.45) is 0.489. The van der Waals surface area contributed by atoms with Gasteiger partial charge in [-0.25, -0.2) is 0 Å². The van der Waals surface area contributed by atoms with Crippen LogP contribution in [0, 0.1) is 5.92 Å². The highest BCUT2D eigenvalue weighted by Crippen LogP contribution is 2.12. The molecule has 0 radical (unpaired) electrons. The molecule has 1 aliphatic heterocycles. The maximum absolute atomic E-state index is 12.0. The molecule has 0 saturated carbocycles. The molecule has 1 aromatic carbocycles. The van der Waals surface area contributed by atoms with Crippen LogP contribution in [0.25, 0.3) is 0 Å². The number of carbonyl (C=O) groups excluding carboxylic acids is 1. The SMILES string of the molecule is CC(C)[C@H](CNC(=O)CCNc1ccccc1)N1CCOCC1. The Hall–Kier alpha value is -1.59. The summed E-state index contributed by atoms with van der Waals surface area (Å²) >= 11 is 0. The summed E-state index contributed by atoms with van der Waals surface area (Å²) in [6.45, 7) is 9.27. The Labute approximate surface area is 139 Å². The molecule has 0 aliphatic carbocycles. The van der Waals surface area contributed by atoms with Crippen molar-refractivity contribution in [1.29, 1.82) is 0 Å². The Kier molecular flexibility index (Phi) is 7.36. The van der Waals surface area contributed by atoms with Crippen molar-refractivity contribution in [2.45, 2.75) is 26.3 Å². The molecule has 1 amide bonds. The van der Waals surface area contributed by atoms with Crippen LogP contribution in [0.2, 0.25) is 0 Å². The molecule has 2 rings (SSSR count). The summed E-state index contributed by atoms with van der Waals surface area (Å²) in [6, 6.07) is 10.3. The van der Waals surface area contributed by atoms with Gasteiger partial charge in [0.2, 0.25) is 5.91 Å². The summed E-state index contributed by atoms with van der Waals surface area (Å²) in [5.41, 5.74) is 1.05. The number of carbonyl (C=O) groups is 1. The number of morpholine rings is 1. The zero-order chi connectivity index (χ0) is 16.5. The predicted molar refractivity (Wildman–Crippen MR) is 93.6 cm³/mol. The van der Waals surface area contributed by atoms with Gasteiger partial charge < -0.3 is 15.4 Å². The highest BCUT2D eigenvalue weighted by Gasteiger charge is 2.23. The number of hydrogen-bond acceptors (Lipinski definition) is 4. The van der Waals surface area contributed by atoms with Gasteiger partial charge in [0, 0.05) is 44.3 Å². The zero-order valence-electron chi connectivity index (χ0n) is 14.3. The summed E-state index contributed by atoms with van der Waals surface area (Å²) in [7, 11) is 0. The van der Waals surface area contributed by atoms with Crippen LogP contribution in [-0.2, 0) is 9.53 Å². The monoisotopic (exact) mass is 319 g/mol. The van der Waals surface area contributed by atoms with E-state index in [1.54, 1.807) is 0 Å². The van der Waals surface area contributed by atoms with Crippen molar-refractivity contribution in [2.75, 3.05) is 44.7 Å². The molecular weight excluding hydrogens is 290 g/mol. The molecule has 5 nitrogen and oxygen atoms in total. The second-order valence-electron chi connectivity index (χ2n) is 6.31. The summed E-state index contributed by atoms with van der Waals surface area (Å²) in [5.74, 6) is 0.614. The smallest absolute Gasteiger partial charge is 0.221 e. The van der Waals surface area contributed by atoms with Crippen LogP contribution in [0.5, 0.6) is 0 Å². The molecule has 5 heteroatoms. The van der Waals surface area contributed by atoms with Crippen molar-refractivity contribution in [3.8, 4) is 0 Å². The summed E-state index contributed by atoms with van der Waals surface area (Å²) in [5, 5.41) is 6.35. The summed E-state index contributed by atoms with van der Waals surface area (Å²) < 4.78 is 5.41. The third-order valence-corrected chi connectivity index (χ3v) is 4.25. The number of rotatable bonds is 8. The summed E-state index contributed by atoms with van der Waals surface area (Å²) in [4.78, 5) is 14.5. The van der Waals surface area contributed by atoms with E-state index in [2.05, 4.69) is 29.4 Å². The first-order chi connectivity index (χ1) is 11.2. The third kappa shape index (κ3) is 6.20. The van der Waals surface area contributed by atoms with E-state index in [9.17, 15) is 4.79 Å². The Morgan fingerprint density at radius 1 is 1.22 bits per heavy atom. The molecule has 2 N–H and O–H groups in total. The second kappa shape index (κ2) is 9.53. The van der Waals surface area contributed by atoms with Gasteiger partial charge in [-0.05, 0) is 18.1 Å². The lowest BCUT2D eigenvalue weighted by atomic mass is 10.0. The van der Waals surface area contributed by atoms with Gasteiger partial charge in [-0.1, -0.05) is 32.0 Å². The Balaban J connectivity index is 1.69. The quantitative estimate of drug-likeness (QED) is 0.769. The van der Waals surface area contributed by atoms with Gasteiger partial charge in [-0.3, -0.25) is 9.69 Å². The standard InChI is InChI=1S/C18H29N3O2/c1-15(2)17(21-10-12-23-13-11-21)14-20-18(22)8-9-19-16-6-4-3-5-7-16/h3-7,15,17,19H,8-14H2,1-2H3,(H,20,22)/t17-/m0/s1. The zero-order valence-corrected chi connectivity index (χ0v) is 14.3. The molecule has 23 heavy (non-hydrogen) atoms. The number of para-hydroxylation sites is 1. The van der Waals surface area contributed by atoms with Crippen LogP contribution in [0.4, 0.5) is 5.69 Å². The van der Waals surface area contributed by atoms with Crippen LogP contribution in [0.15, 0.2) is 30.3 Å². The van der Waals surface area contributed by atoms with Crippen LogP contribution in [-0.4, -0.2) is 56.2 Å². The van der Waals surface area contributed by atoms with Crippen molar-refractivity contribution in [3.05, 3.63) is 30.3 Å². The topological polar surface area (TPSA) is 53.6 Å². The fraction of sp³-hybridized carbons (Fsp3) is 0.611. The average Bonchev–Trinajstić information content (AvgIpc) is 2.57. The number of anilines is 1. The lowest BCUT2D eigenvalue weighted by Crippen LogP contribution is -2.51. The minimum atomic E-state index is 0.104. The molecule has 128 valence electrons. The highest BCUT2D eigenvalue weighted by molar-refractivity contribution is 5.76. The highest BCUT2D eigenvalue weighted by atomic mass is 16.5. The average molecular weight is 319 g/mol. The van der Waals surface area contributed by atoms with Crippen molar-refractivity contribution in [1.82, 2.24) is 10.2 Å². The molecule has 1 aliphatic rings. The van der Waals surface area contributed by atoms with Crippen molar-refractivity contribution in [3.63, 3.8) is 0 Å². The normalized spacial score (nSPS) is 17.0. The first-order valence-corrected chi connectivity index (χ1v) is 8.54. The fourth-order valence-electron chi connectivity index (χ4n) is 2.88. The third-order valence-electron chi connectivity index (χ3n) is 4.25. The van der Waals surface area contributed by atoms with Crippen molar-refractivity contribution in [2.24, 2.45) is 5.92 Å². The van der Waals surface area contributed by atoms with Gasteiger partial charge in [-0.2, -0.15) is 0 Å². The molecule has 1 heterocycles. The van der Waals surface area contributed by atoms with E-state index < -0.39 is 0 Å². The van der Waals surface area contributed by atoms with Crippen molar-refractivity contribution < 1.29 is 9.53 Å². The number of ether oxygens (including phenoxy) is 1. The molecule has 1 saturated heterocycles. The molecule has 1 fully saturated rings. The van der Waals surface area contributed by atoms with Gasteiger partial charge in [0.15, 0.2) is 0 Å². The van der Waals surface area contributed by atoms with Gasteiger partial charge >= 0.3 is 0 Å². The largest absolute Gasteiger partial charge is 0.385 e. The van der Waals surface area contributed by atoms with Crippen LogP contribution < -0.4 is 10.6 Å². The second-order valence-corrected chi connectivity index (χ2v) is 6.31. The molecule has 1 aromatic rings. The molecular formula is C18H29N3O2. The number of hydrogen-bond donors (Lipinski definition) is 2. The molecule has 1 atom stereocenters. The predicted octanol–water partition coefficient (Wildman–Crippen LogP) is 1.96. The van der Waals surface area contributed by atoms with E-state index in [0.717, 1.165) is 32.0 Å². The minimum Gasteiger partial charge on any atom is -0.385 e. The lowest BCUT2D eigenvalue weighted by molar-refractivity contribution is -0.121. The van der Waals surface area contributed by atoms with E-state index in [0.29, 0.717) is 31.5 Å². The molecule has 0 aromatic heterocycles. The van der Waals surface area contributed by atoms with Crippen LogP contribution in [0.1, 0.15) is 20.3 Å². The van der Waals surface area contributed by atoms with E-state index in [4.69, 9.17) is 4.74 Å². The Morgan fingerprint density at radius 3 is 2.57 bits per heavy atom. The minimum absolute atomic E-state index is 0.104. The Bertz CT molecular complexity index is 459. The van der Waals surface area contributed by atoms with E-state index in [1.807, 2.05) is 30.3 Å². The Morgan fingerprint density at radius 2 is 1.91 bits per heavy atom. The molecule has 0 bridgehead atoms. The van der Waals surface area contributed by atoms with Crippen molar-refractivity contribution >= 4 is 11.6 Å². The first-order valence-electron chi connectivity index (χ1n) is 8.54. The maximum Gasteiger partial charge on any atom is 0.221 e. The van der Waals surface area contributed by atoms with Gasteiger partial charge in [-0.15, -0.1) is 0 Å². The number of benzene rings is 1. The van der Waals surface area contributed by atoms with Gasteiger partial charge in [0.1, 0.15) is 0 Å². The van der Waals surface area contributed by atoms with E-state index in [-0.39, 0.29) is 5.91 Å².